The minimum atomic E-state index is -0.669. The van der Waals surface area contributed by atoms with Crippen LogP contribution >= 0.6 is 0 Å². The van der Waals surface area contributed by atoms with Gasteiger partial charge in [-0.2, -0.15) is 0 Å². The van der Waals surface area contributed by atoms with E-state index in [1.807, 2.05) is 19.1 Å². The van der Waals surface area contributed by atoms with Crippen LogP contribution in [0.3, 0.4) is 0 Å². The lowest BCUT2D eigenvalue weighted by Gasteiger charge is -2.36. The van der Waals surface area contributed by atoms with Crippen molar-refractivity contribution >= 4 is 17.7 Å². The largest absolute Gasteiger partial charge is 0.492 e. The first-order valence-corrected chi connectivity index (χ1v) is 12.8. The van der Waals surface area contributed by atoms with Gasteiger partial charge in [0.1, 0.15) is 24.2 Å². The third-order valence-corrected chi connectivity index (χ3v) is 7.75. The lowest BCUT2D eigenvalue weighted by atomic mass is 9.74. The number of allylic oxidation sites excluding steroid dienone is 2. The van der Waals surface area contributed by atoms with Gasteiger partial charge in [-0.3, -0.25) is 24.6 Å². The van der Waals surface area contributed by atoms with Gasteiger partial charge in [0.2, 0.25) is 11.8 Å². The van der Waals surface area contributed by atoms with Crippen molar-refractivity contribution in [3.8, 4) is 5.75 Å². The van der Waals surface area contributed by atoms with E-state index in [-0.39, 0.29) is 36.6 Å². The molecule has 10 heteroatoms. The molecule has 3 unspecified atom stereocenters. The highest BCUT2D eigenvalue weighted by Gasteiger charge is 2.52. The molecule has 1 aliphatic carbocycles. The molecule has 3 atom stereocenters. The van der Waals surface area contributed by atoms with E-state index in [4.69, 9.17) is 9.47 Å². The van der Waals surface area contributed by atoms with E-state index in [0.717, 1.165) is 32.8 Å². The van der Waals surface area contributed by atoms with Crippen LogP contribution in [0.4, 0.5) is 4.39 Å². The Labute approximate surface area is 215 Å². The Bertz CT molecular complexity index is 1130. The molecule has 1 aromatic rings. The summed E-state index contributed by atoms with van der Waals surface area (Å²) in [5.41, 5.74) is 0.484. The molecule has 0 aromatic heterocycles. The molecule has 1 aromatic carbocycles. The summed E-state index contributed by atoms with van der Waals surface area (Å²) in [6, 6.07) is 3.84. The van der Waals surface area contributed by atoms with Gasteiger partial charge in [0.15, 0.2) is 0 Å². The highest BCUT2D eigenvalue weighted by Crippen LogP contribution is 2.43. The van der Waals surface area contributed by atoms with Crippen LogP contribution in [0, 0.1) is 11.2 Å². The summed E-state index contributed by atoms with van der Waals surface area (Å²) >= 11 is 0. The second-order valence-corrected chi connectivity index (χ2v) is 10.2. The summed E-state index contributed by atoms with van der Waals surface area (Å²) in [5, 5.41) is 5.75. The summed E-state index contributed by atoms with van der Waals surface area (Å²) in [5.74, 6) is -0.669. The number of likely N-dealkylation sites (tertiary alicyclic amines) is 1. The Morgan fingerprint density at radius 1 is 1.24 bits per heavy atom. The first-order chi connectivity index (χ1) is 17.8. The lowest BCUT2D eigenvalue weighted by Crippen LogP contribution is -2.54. The molecule has 3 aliphatic heterocycles. The van der Waals surface area contributed by atoms with Crippen molar-refractivity contribution in [2.75, 3.05) is 46.0 Å². The number of amides is 3. The Morgan fingerprint density at radius 3 is 2.84 bits per heavy atom. The molecule has 198 valence electrons. The molecule has 0 radical (unpaired) electrons. The van der Waals surface area contributed by atoms with Crippen LogP contribution in [-0.4, -0.2) is 85.6 Å². The van der Waals surface area contributed by atoms with Gasteiger partial charge < -0.3 is 19.7 Å². The van der Waals surface area contributed by atoms with E-state index in [2.05, 4.69) is 15.5 Å². The zero-order valence-electron chi connectivity index (χ0n) is 21.0. The average Bonchev–Trinajstić information content (AvgIpc) is 3.15. The summed E-state index contributed by atoms with van der Waals surface area (Å²) in [6.07, 6.45) is 6.10. The summed E-state index contributed by atoms with van der Waals surface area (Å²) in [7, 11) is 0. The molecule has 2 N–H and O–H groups in total. The molecule has 0 bridgehead atoms. The highest BCUT2D eigenvalue weighted by molar-refractivity contribution is 6.05. The number of nitrogens with one attached hydrogen (secondary N) is 2. The zero-order valence-corrected chi connectivity index (χ0v) is 21.0. The number of hydrogen-bond donors (Lipinski definition) is 2. The molecule has 4 aliphatic rings. The number of morpholine rings is 1. The van der Waals surface area contributed by atoms with Gasteiger partial charge in [-0.15, -0.1) is 0 Å². The van der Waals surface area contributed by atoms with Gasteiger partial charge in [-0.05, 0) is 24.6 Å². The number of ether oxygens (including phenoxy) is 2. The molecule has 37 heavy (non-hydrogen) atoms. The maximum absolute atomic E-state index is 14.7. The van der Waals surface area contributed by atoms with Crippen molar-refractivity contribution < 1.29 is 28.2 Å². The lowest BCUT2D eigenvalue weighted by molar-refractivity contribution is -0.142. The molecule has 3 amide bonds. The Morgan fingerprint density at radius 2 is 2.05 bits per heavy atom. The average molecular weight is 513 g/mol. The van der Waals surface area contributed by atoms with E-state index in [1.54, 1.807) is 23.1 Å². The van der Waals surface area contributed by atoms with Gasteiger partial charge in [0.05, 0.1) is 13.2 Å². The van der Waals surface area contributed by atoms with Crippen molar-refractivity contribution in [1.29, 1.82) is 0 Å². The summed E-state index contributed by atoms with van der Waals surface area (Å²) in [4.78, 5) is 41.1. The standard InChI is InChI=1S/C27H33FN4O5/c1-27-17-32(22-7-8-24(33)30-25(22)34)26(35)20(27)3-2-4-23(27)29-16-18-15-19(5-6-21(18)28)37-14-11-31-9-12-36-13-10-31/h2-6,15,22-23,29H,7-14,16-17H2,1H3,(H,30,33,34). The number of imide groups is 1. The number of benzene rings is 1. The number of carbonyl (C=O) groups is 3. The zero-order chi connectivity index (χ0) is 26.0. The predicted molar refractivity (Wildman–Crippen MR) is 133 cm³/mol. The minimum absolute atomic E-state index is 0.199. The van der Waals surface area contributed by atoms with Crippen molar-refractivity contribution in [1.82, 2.24) is 20.4 Å². The topological polar surface area (TPSA) is 100 Å². The molecule has 0 spiro atoms. The maximum atomic E-state index is 14.7. The molecule has 3 heterocycles. The molecular weight excluding hydrogens is 479 g/mol. The Hall–Kier alpha value is -3.08. The van der Waals surface area contributed by atoms with Crippen LogP contribution in [0.2, 0.25) is 0 Å². The molecule has 9 nitrogen and oxygen atoms in total. The monoisotopic (exact) mass is 512 g/mol. The molecule has 0 saturated carbocycles. The number of fused-ring (bicyclic) bond motifs is 1. The number of nitrogens with zero attached hydrogens (tertiary/aromatic N) is 2. The maximum Gasteiger partial charge on any atom is 0.251 e. The SMILES string of the molecule is CC12CN(C3CCC(=O)NC3=O)C(=O)C1=CC=CC2NCc1cc(OCCN2CCOCC2)ccc1F. The first kappa shape index (κ1) is 25.6. The van der Waals surface area contributed by atoms with Crippen LogP contribution in [0.1, 0.15) is 25.3 Å². The minimum Gasteiger partial charge on any atom is -0.492 e. The van der Waals surface area contributed by atoms with Crippen molar-refractivity contribution in [2.24, 2.45) is 5.41 Å². The third-order valence-electron chi connectivity index (χ3n) is 7.75. The number of piperidine rings is 1. The van der Waals surface area contributed by atoms with Crippen molar-refractivity contribution in [3.05, 3.63) is 53.4 Å². The fraction of sp³-hybridized carbons (Fsp3) is 0.519. The van der Waals surface area contributed by atoms with Crippen LogP contribution in [0.25, 0.3) is 0 Å². The normalized spacial score (nSPS) is 28.2. The number of halogens is 1. The van der Waals surface area contributed by atoms with E-state index in [9.17, 15) is 18.8 Å². The van der Waals surface area contributed by atoms with Crippen LogP contribution < -0.4 is 15.4 Å². The fourth-order valence-corrected chi connectivity index (χ4v) is 5.55. The van der Waals surface area contributed by atoms with Crippen LogP contribution in [-0.2, 0) is 25.7 Å². The van der Waals surface area contributed by atoms with Crippen molar-refractivity contribution in [2.45, 2.75) is 38.4 Å². The van der Waals surface area contributed by atoms with Crippen LogP contribution in [0.15, 0.2) is 42.0 Å². The second kappa shape index (κ2) is 10.7. The predicted octanol–water partition coefficient (Wildman–Crippen LogP) is 1.14. The van der Waals surface area contributed by atoms with Crippen molar-refractivity contribution in [3.63, 3.8) is 0 Å². The Balaban J connectivity index is 1.22. The summed E-state index contributed by atoms with van der Waals surface area (Å²) < 4.78 is 25.9. The first-order valence-electron chi connectivity index (χ1n) is 12.8. The summed E-state index contributed by atoms with van der Waals surface area (Å²) in [6.45, 7) is 7.08. The Kier molecular flexibility index (Phi) is 7.41. The van der Waals surface area contributed by atoms with Crippen LogP contribution in [0.5, 0.6) is 5.75 Å². The number of rotatable bonds is 8. The van der Waals surface area contributed by atoms with E-state index >= 15 is 0 Å². The second-order valence-electron chi connectivity index (χ2n) is 10.2. The van der Waals surface area contributed by atoms with E-state index < -0.39 is 17.4 Å². The van der Waals surface area contributed by atoms with Gasteiger partial charge in [0, 0.05) is 61.7 Å². The molecule has 3 fully saturated rings. The van der Waals surface area contributed by atoms with Gasteiger partial charge >= 0.3 is 0 Å². The number of carbonyl (C=O) groups excluding carboxylic acids is 3. The smallest absolute Gasteiger partial charge is 0.251 e. The highest BCUT2D eigenvalue weighted by atomic mass is 19.1. The van der Waals surface area contributed by atoms with E-state index in [1.165, 1.54) is 6.07 Å². The molecule has 3 saturated heterocycles. The van der Waals surface area contributed by atoms with Gasteiger partial charge in [-0.1, -0.05) is 25.2 Å². The van der Waals surface area contributed by atoms with E-state index in [0.29, 0.717) is 36.5 Å². The number of hydrogen-bond acceptors (Lipinski definition) is 7. The van der Waals surface area contributed by atoms with Gasteiger partial charge in [0.25, 0.3) is 5.91 Å². The molecular formula is C27H33FN4O5. The van der Waals surface area contributed by atoms with Gasteiger partial charge in [-0.25, -0.2) is 4.39 Å². The fourth-order valence-electron chi connectivity index (χ4n) is 5.55. The quantitative estimate of drug-likeness (QED) is 0.504. The third kappa shape index (κ3) is 5.32. The molecule has 5 rings (SSSR count).